The van der Waals surface area contributed by atoms with Gasteiger partial charge in [-0.25, -0.2) is 0 Å². The summed E-state index contributed by atoms with van der Waals surface area (Å²) in [6, 6.07) is 0. The van der Waals surface area contributed by atoms with E-state index in [4.69, 9.17) is 11.6 Å². The van der Waals surface area contributed by atoms with Gasteiger partial charge in [0.2, 0.25) is 4.87 Å². The van der Waals surface area contributed by atoms with Gasteiger partial charge in [0.05, 0.1) is 0 Å². The zero-order valence-electron chi connectivity index (χ0n) is 19.3. The maximum absolute atomic E-state index is 12.9. The van der Waals surface area contributed by atoms with Crippen LogP contribution in [0.4, 0.5) is 0 Å². The second-order valence-electron chi connectivity index (χ2n) is 8.42. The second-order valence-corrected chi connectivity index (χ2v) is 8.99. The standard InChI is InChI=1S/C25H45ClO3/c1-4-7-10-13-16-19-22(27)25(26,23(28)20-17-14-11-8-5-2)24(29)21-18-15-12-9-6-3/h4-21H2,1-3H3. The third-order valence-corrected chi connectivity index (χ3v) is 6.31. The van der Waals surface area contributed by atoms with E-state index in [2.05, 4.69) is 20.8 Å². The Morgan fingerprint density at radius 1 is 0.483 bits per heavy atom. The van der Waals surface area contributed by atoms with Crippen molar-refractivity contribution in [2.24, 2.45) is 0 Å². The molecule has 0 aromatic heterocycles. The molecule has 0 heterocycles. The lowest BCUT2D eigenvalue weighted by Crippen LogP contribution is -2.48. The van der Waals surface area contributed by atoms with Crippen molar-refractivity contribution in [3.05, 3.63) is 0 Å². The van der Waals surface area contributed by atoms with Crippen molar-refractivity contribution in [1.82, 2.24) is 0 Å². The normalized spacial score (nSPS) is 11.6. The molecule has 0 saturated heterocycles. The first-order valence-corrected chi connectivity index (χ1v) is 12.6. The molecule has 0 saturated carbocycles. The highest BCUT2D eigenvalue weighted by Gasteiger charge is 2.48. The fraction of sp³-hybridized carbons (Fsp3) is 0.880. The molecule has 29 heavy (non-hydrogen) atoms. The number of unbranched alkanes of at least 4 members (excludes halogenated alkanes) is 12. The predicted molar refractivity (Wildman–Crippen MR) is 124 cm³/mol. The summed E-state index contributed by atoms with van der Waals surface area (Å²) in [4.78, 5) is 36.7. The number of alkyl halides is 1. The van der Waals surface area contributed by atoms with Crippen molar-refractivity contribution in [3.8, 4) is 0 Å². The van der Waals surface area contributed by atoms with Crippen molar-refractivity contribution in [2.45, 2.75) is 141 Å². The SMILES string of the molecule is CCCCCCCC(=O)C(Cl)(C(=O)CCCCCCC)C(=O)CCCCCCC. The zero-order valence-corrected chi connectivity index (χ0v) is 20.1. The van der Waals surface area contributed by atoms with Gasteiger partial charge >= 0.3 is 0 Å². The molecule has 3 nitrogen and oxygen atoms in total. The first-order valence-electron chi connectivity index (χ1n) is 12.2. The third-order valence-electron chi connectivity index (χ3n) is 5.67. The molecule has 0 spiro atoms. The average Bonchev–Trinajstić information content (AvgIpc) is 2.72. The topological polar surface area (TPSA) is 51.2 Å². The first-order chi connectivity index (χ1) is 13.9. The summed E-state index contributed by atoms with van der Waals surface area (Å²) >= 11 is 6.56. The van der Waals surface area contributed by atoms with Gasteiger partial charge in [0.15, 0.2) is 17.3 Å². The molecule has 0 bridgehead atoms. The van der Waals surface area contributed by atoms with Crippen LogP contribution in [0.15, 0.2) is 0 Å². The highest BCUT2D eigenvalue weighted by Crippen LogP contribution is 2.28. The van der Waals surface area contributed by atoms with Crippen molar-refractivity contribution >= 4 is 29.0 Å². The maximum atomic E-state index is 12.9. The average molecular weight is 429 g/mol. The number of halogens is 1. The van der Waals surface area contributed by atoms with Crippen molar-refractivity contribution < 1.29 is 14.4 Å². The van der Waals surface area contributed by atoms with Gasteiger partial charge < -0.3 is 0 Å². The number of hydrogen-bond acceptors (Lipinski definition) is 3. The van der Waals surface area contributed by atoms with Crippen molar-refractivity contribution in [2.75, 3.05) is 0 Å². The van der Waals surface area contributed by atoms with E-state index in [0.717, 1.165) is 77.0 Å². The van der Waals surface area contributed by atoms with Crippen LogP contribution in [0.2, 0.25) is 0 Å². The van der Waals surface area contributed by atoms with Crippen LogP contribution in [0.25, 0.3) is 0 Å². The van der Waals surface area contributed by atoms with E-state index in [1.54, 1.807) is 0 Å². The zero-order chi connectivity index (χ0) is 22.0. The van der Waals surface area contributed by atoms with Crippen molar-refractivity contribution in [3.63, 3.8) is 0 Å². The number of carbonyl (C=O) groups excluding carboxylic acids is 3. The lowest BCUT2D eigenvalue weighted by molar-refractivity contribution is -0.138. The molecule has 0 radical (unpaired) electrons. The van der Waals surface area contributed by atoms with Crippen LogP contribution in [0.3, 0.4) is 0 Å². The molecule has 0 rings (SSSR count). The van der Waals surface area contributed by atoms with E-state index in [-0.39, 0.29) is 36.6 Å². The minimum absolute atomic E-state index is 0.233. The first kappa shape index (κ1) is 28.3. The maximum Gasteiger partial charge on any atom is 0.218 e. The highest BCUT2D eigenvalue weighted by atomic mass is 35.5. The van der Waals surface area contributed by atoms with E-state index in [9.17, 15) is 14.4 Å². The van der Waals surface area contributed by atoms with E-state index in [1.165, 1.54) is 0 Å². The lowest BCUT2D eigenvalue weighted by Gasteiger charge is -2.23. The fourth-order valence-electron chi connectivity index (χ4n) is 3.65. The van der Waals surface area contributed by atoms with Crippen LogP contribution in [0.1, 0.15) is 136 Å². The Bertz CT molecular complexity index is 394. The van der Waals surface area contributed by atoms with Crippen molar-refractivity contribution in [1.29, 1.82) is 0 Å². The van der Waals surface area contributed by atoms with Crippen LogP contribution in [-0.2, 0) is 14.4 Å². The third kappa shape index (κ3) is 11.9. The minimum atomic E-state index is -1.93. The molecule has 0 aliphatic heterocycles. The van der Waals surface area contributed by atoms with Gasteiger partial charge in [0.1, 0.15) is 0 Å². The Morgan fingerprint density at radius 2 is 0.724 bits per heavy atom. The molecular weight excluding hydrogens is 384 g/mol. The summed E-state index contributed by atoms with van der Waals surface area (Å²) < 4.78 is 0. The Morgan fingerprint density at radius 3 is 0.966 bits per heavy atom. The summed E-state index contributed by atoms with van der Waals surface area (Å²) in [5, 5.41) is 0. The van der Waals surface area contributed by atoms with E-state index >= 15 is 0 Å². The van der Waals surface area contributed by atoms with Gasteiger partial charge in [-0.05, 0) is 19.3 Å². The molecule has 0 aliphatic carbocycles. The van der Waals surface area contributed by atoms with Crippen LogP contribution in [-0.4, -0.2) is 22.2 Å². The van der Waals surface area contributed by atoms with E-state index < -0.39 is 4.87 Å². The second kappa shape index (κ2) is 18.1. The van der Waals surface area contributed by atoms with Crippen LogP contribution >= 0.6 is 11.6 Å². The monoisotopic (exact) mass is 428 g/mol. The summed E-state index contributed by atoms with van der Waals surface area (Å²) in [5.41, 5.74) is 0. The molecule has 0 atom stereocenters. The van der Waals surface area contributed by atoms with Gasteiger partial charge in [0.25, 0.3) is 0 Å². The summed E-state index contributed by atoms with van der Waals surface area (Å²) in [7, 11) is 0. The van der Waals surface area contributed by atoms with Gasteiger partial charge in [0, 0.05) is 19.3 Å². The molecule has 4 heteroatoms. The molecule has 0 aromatic rings. The van der Waals surface area contributed by atoms with Crippen LogP contribution < -0.4 is 0 Å². The van der Waals surface area contributed by atoms with Gasteiger partial charge in [-0.15, -0.1) is 0 Å². The van der Waals surface area contributed by atoms with Gasteiger partial charge in [-0.3, -0.25) is 14.4 Å². The number of carbonyl (C=O) groups is 3. The Kier molecular flexibility index (Phi) is 17.7. The van der Waals surface area contributed by atoms with Crippen LogP contribution in [0, 0.1) is 0 Å². The molecule has 0 N–H and O–H groups in total. The highest BCUT2D eigenvalue weighted by molar-refractivity contribution is 6.58. The molecular formula is C25H45ClO3. The number of Topliss-reactive ketones (excluding diaryl/α,β-unsaturated/α-hetero) is 3. The molecule has 0 amide bonds. The summed E-state index contributed by atoms with van der Waals surface area (Å²) in [6.45, 7) is 6.44. The smallest absolute Gasteiger partial charge is 0.218 e. The molecule has 0 aromatic carbocycles. The van der Waals surface area contributed by atoms with Gasteiger partial charge in [-0.1, -0.05) is 109 Å². The lowest BCUT2D eigenvalue weighted by atomic mass is 9.85. The predicted octanol–water partition coefficient (Wildman–Crippen LogP) is 7.75. The van der Waals surface area contributed by atoms with E-state index in [0.29, 0.717) is 19.3 Å². The van der Waals surface area contributed by atoms with Gasteiger partial charge in [-0.2, -0.15) is 0 Å². The molecule has 170 valence electrons. The largest absolute Gasteiger partial charge is 0.297 e. The molecule has 0 fully saturated rings. The minimum Gasteiger partial charge on any atom is -0.297 e. The Hall–Kier alpha value is -0.700. The quantitative estimate of drug-likeness (QED) is 0.107. The van der Waals surface area contributed by atoms with Crippen LogP contribution in [0.5, 0.6) is 0 Å². The number of ketones is 3. The Balaban J connectivity index is 4.83. The fourth-order valence-corrected chi connectivity index (χ4v) is 3.93. The molecule has 0 aliphatic rings. The molecule has 0 unspecified atom stereocenters. The Labute approximate surface area is 184 Å². The number of hydrogen-bond donors (Lipinski definition) is 0. The number of rotatable bonds is 21. The summed E-state index contributed by atoms with van der Waals surface area (Å²) in [5.74, 6) is -1.10. The van der Waals surface area contributed by atoms with E-state index in [1.807, 2.05) is 0 Å². The summed E-state index contributed by atoms with van der Waals surface area (Å²) in [6.07, 6.45) is 15.8.